The highest BCUT2D eigenvalue weighted by atomic mass is 16.5. The second-order valence-electron chi connectivity index (χ2n) is 17.4. The van der Waals surface area contributed by atoms with Crippen LogP contribution >= 0.6 is 0 Å². The number of nitrogens with one attached hydrogen (secondary N) is 1. The number of anilines is 1. The van der Waals surface area contributed by atoms with Crippen LogP contribution in [-0.2, 0) is 29.0 Å². The Kier molecular flexibility index (Phi) is 13.9. The monoisotopic (exact) mass is 879 g/mol. The van der Waals surface area contributed by atoms with Gasteiger partial charge in [-0.2, -0.15) is 0 Å². The Labute approximate surface area is 387 Å². The number of unbranched alkanes of at least 4 members (excludes halogenated alkanes) is 1. The van der Waals surface area contributed by atoms with E-state index in [0.717, 1.165) is 57.6 Å². The smallest absolute Gasteiger partial charge is 0.328 e. The number of urea groups is 1. The maximum Gasteiger partial charge on any atom is 0.328 e. The van der Waals surface area contributed by atoms with Crippen molar-refractivity contribution in [1.29, 1.82) is 0 Å². The van der Waals surface area contributed by atoms with Crippen molar-refractivity contribution in [2.75, 3.05) is 57.4 Å². The quantitative estimate of drug-likeness (QED) is 0.0916. The van der Waals surface area contributed by atoms with Crippen LogP contribution < -0.4 is 19.7 Å². The van der Waals surface area contributed by atoms with Crippen molar-refractivity contribution in [3.8, 4) is 22.8 Å². The first-order valence-corrected chi connectivity index (χ1v) is 23.2. The van der Waals surface area contributed by atoms with E-state index in [1.807, 2.05) is 4.90 Å². The van der Waals surface area contributed by atoms with Crippen LogP contribution in [0.5, 0.6) is 11.5 Å². The zero-order valence-electron chi connectivity index (χ0n) is 37.7. The van der Waals surface area contributed by atoms with Crippen molar-refractivity contribution in [2.45, 2.75) is 45.6 Å². The summed E-state index contributed by atoms with van der Waals surface area (Å²) in [6, 6.07) is 52.5. The number of ether oxygens (including phenoxy) is 2. The maximum atomic E-state index is 12.9. The molecule has 2 aliphatic heterocycles. The van der Waals surface area contributed by atoms with E-state index >= 15 is 0 Å². The van der Waals surface area contributed by atoms with E-state index in [0.29, 0.717) is 37.7 Å². The van der Waals surface area contributed by atoms with Crippen LogP contribution in [0.1, 0.15) is 52.6 Å². The molecule has 0 radical (unpaired) electrons. The highest BCUT2D eigenvalue weighted by Crippen LogP contribution is 2.36. The number of hydrogen-bond acceptors (Lipinski definition) is 6. The maximum absolute atomic E-state index is 12.9. The fourth-order valence-electron chi connectivity index (χ4n) is 9.15. The molecular formula is C56H57N5O5. The summed E-state index contributed by atoms with van der Waals surface area (Å²) in [6.07, 6.45) is 4.04. The van der Waals surface area contributed by atoms with Crippen LogP contribution in [0.4, 0.5) is 10.5 Å². The van der Waals surface area contributed by atoms with Gasteiger partial charge in [0.05, 0.1) is 12.3 Å². The molecule has 7 aromatic rings. The molecule has 0 spiro atoms. The molecule has 10 nitrogen and oxygen atoms in total. The van der Waals surface area contributed by atoms with E-state index in [9.17, 15) is 14.4 Å². The van der Waals surface area contributed by atoms with E-state index in [4.69, 9.17) is 9.47 Å². The van der Waals surface area contributed by atoms with Gasteiger partial charge in [0.1, 0.15) is 11.5 Å². The van der Waals surface area contributed by atoms with Crippen LogP contribution in [0.2, 0.25) is 0 Å². The van der Waals surface area contributed by atoms with Crippen LogP contribution in [-0.4, -0.2) is 84.7 Å². The van der Waals surface area contributed by atoms with E-state index in [1.165, 1.54) is 60.4 Å². The van der Waals surface area contributed by atoms with Gasteiger partial charge in [-0.3, -0.25) is 24.7 Å². The van der Waals surface area contributed by atoms with Crippen LogP contribution in [0.15, 0.2) is 152 Å². The average molecular weight is 880 g/mol. The molecule has 0 aliphatic carbocycles. The largest absolute Gasteiger partial charge is 0.494 e. The van der Waals surface area contributed by atoms with Gasteiger partial charge in [-0.1, -0.05) is 103 Å². The molecule has 0 bridgehead atoms. The van der Waals surface area contributed by atoms with Crippen molar-refractivity contribution in [1.82, 2.24) is 19.7 Å². The Morgan fingerprint density at radius 1 is 0.621 bits per heavy atom. The third-order valence-electron chi connectivity index (χ3n) is 12.8. The molecule has 9 rings (SSSR count). The number of carbonyl (C=O) groups is 3. The molecule has 10 heteroatoms. The predicted octanol–water partition coefficient (Wildman–Crippen LogP) is 9.68. The van der Waals surface area contributed by atoms with Crippen molar-refractivity contribution in [3.63, 3.8) is 0 Å². The SMILES string of the molecule is Cc1c(-c2ccc(Cc3ccccc3)cc2)n(Cc2ccc(OCCCCN3CCN(C(=O)COc4ccc(N5CCC(=O)NC5=O)cc4)CC3)cc2)c2ccc(Cc3ccccc3)cc12. The van der Waals surface area contributed by atoms with E-state index in [-0.39, 0.29) is 24.8 Å². The summed E-state index contributed by atoms with van der Waals surface area (Å²) in [5, 5.41) is 3.62. The Morgan fingerprint density at radius 3 is 1.91 bits per heavy atom. The standard InChI is InChI=1S/C56H57N5O5/c1-41-51-38-46(37-43-12-6-3-7-13-43)18-27-52(51)61(55(41)47-19-14-44(15-20-47)36-42-10-4-2-5-11-42)39-45-16-23-49(24-17-45)65-35-9-8-29-58-31-33-59(34-32-58)54(63)40-66-50-25-21-48(22-26-50)60-30-28-53(62)57-56(60)64/h2-7,10-27,38H,8-9,28-37,39-40H2,1H3,(H,57,62,64). The van der Waals surface area contributed by atoms with Gasteiger partial charge in [0.2, 0.25) is 5.91 Å². The Hall–Kier alpha value is -7.17. The van der Waals surface area contributed by atoms with E-state index in [2.05, 4.69) is 149 Å². The minimum Gasteiger partial charge on any atom is -0.494 e. The van der Waals surface area contributed by atoms with Crippen molar-refractivity contribution < 1.29 is 23.9 Å². The minimum atomic E-state index is -0.432. The third kappa shape index (κ3) is 10.8. The Balaban J connectivity index is 0.750. The molecular weight excluding hydrogens is 823 g/mol. The lowest BCUT2D eigenvalue weighted by Gasteiger charge is -2.34. The zero-order valence-corrected chi connectivity index (χ0v) is 37.7. The topological polar surface area (TPSA) is 96.3 Å². The number of nitrogens with zero attached hydrogens (tertiary/aromatic N) is 4. The summed E-state index contributed by atoms with van der Waals surface area (Å²) in [4.78, 5) is 42.3. The third-order valence-corrected chi connectivity index (χ3v) is 12.8. The zero-order chi connectivity index (χ0) is 45.2. The number of imide groups is 1. The lowest BCUT2D eigenvalue weighted by atomic mass is 10.00. The summed E-state index contributed by atoms with van der Waals surface area (Å²) in [5.41, 5.74) is 12.1. The first-order valence-electron chi connectivity index (χ1n) is 23.2. The predicted molar refractivity (Wildman–Crippen MR) is 261 cm³/mol. The lowest BCUT2D eigenvalue weighted by molar-refractivity contribution is -0.135. The molecule has 336 valence electrons. The first kappa shape index (κ1) is 44.1. The van der Waals surface area contributed by atoms with Gasteiger partial charge in [0, 0.05) is 62.3 Å². The van der Waals surface area contributed by atoms with Crippen molar-refractivity contribution in [3.05, 3.63) is 185 Å². The Morgan fingerprint density at radius 2 is 1.23 bits per heavy atom. The minimum absolute atomic E-state index is 0.0399. The Bertz CT molecular complexity index is 2750. The van der Waals surface area contributed by atoms with Gasteiger partial charge in [0.15, 0.2) is 6.61 Å². The first-order chi connectivity index (χ1) is 32.3. The van der Waals surface area contributed by atoms with Crippen molar-refractivity contribution >= 4 is 34.4 Å². The van der Waals surface area contributed by atoms with Crippen molar-refractivity contribution in [2.24, 2.45) is 0 Å². The highest BCUT2D eigenvalue weighted by molar-refractivity contribution is 6.05. The van der Waals surface area contributed by atoms with Gasteiger partial charge in [-0.15, -0.1) is 0 Å². The summed E-state index contributed by atoms with van der Waals surface area (Å²) in [7, 11) is 0. The van der Waals surface area contributed by atoms with Crippen LogP contribution in [0.3, 0.4) is 0 Å². The number of hydrogen-bond donors (Lipinski definition) is 1. The molecule has 0 saturated carbocycles. The summed E-state index contributed by atoms with van der Waals surface area (Å²) in [5.74, 6) is 1.12. The van der Waals surface area contributed by atoms with Gasteiger partial charge >= 0.3 is 6.03 Å². The second kappa shape index (κ2) is 20.8. The molecule has 66 heavy (non-hydrogen) atoms. The normalized spacial score (nSPS) is 14.4. The lowest BCUT2D eigenvalue weighted by Crippen LogP contribution is -2.50. The molecule has 4 amide bonds. The average Bonchev–Trinajstić information content (AvgIpc) is 3.61. The molecule has 2 saturated heterocycles. The fourth-order valence-corrected chi connectivity index (χ4v) is 9.15. The second-order valence-corrected chi connectivity index (χ2v) is 17.4. The molecule has 2 fully saturated rings. The van der Waals surface area contributed by atoms with Crippen LogP contribution in [0.25, 0.3) is 22.2 Å². The number of aromatic nitrogens is 1. The number of aryl methyl sites for hydroxylation is 1. The summed E-state index contributed by atoms with van der Waals surface area (Å²) in [6.45, 7) is 7.92. The van der Waals surface area contributed by atoms with E-state index in [1.54, 1.807) is 24.3 Å². The number of piperazine rings is 1. The number of fused-ring (bicyclic) bond motifs is 1. The highest BCUT2D eigenvalue weighted by Gasteiger charge is 2.25. The van der Waals surface area contributed by atoms with Gasteiger partial charge in [-0.25, -0.2) is 4.79 Å². The van der Waals surface area contributed by atoms with Crippen LogP contribution in [0, 0.1) is 6.92 Å². The molecule has 2 aliphatic rings. The number of amides is 4. The molecule has 0 unspecified atom stereocenters. The number of benzene rings is 6. The fraction of sp³-hybridized carbons (Fsp3) is 0.268. The number of rotatable bonds is 17. The number of carbonyl (C=O) groups excluding carboxylic acids is 3. The molecule has 3 heterocycles. The van der Waals surface area contributed by atoms with E-state index < -0.39 is 6.03 Å². The summed E-state index contributed by atoms with van der Waals surface area (Å²) < 4.78 is 14.5. The molecule has 1 N–H and O–H groups in total. The molecule has 1 aromatic heterocycles. The van der Waals surface area contributed by atoms with Gasteiger partial charge in [-0.05, 0) is 127 Å². The summed E-state index contributed by atoms with van der Waals surface area (Å²) >= 11 is 0. The molecule has 6 aromatic carbocycles. The molecule has 0 atom stereocenters. The van der Waals surface area contributed by atoms with Gasteiger partial charge < -0.3 is 18.9 Å². The van der Waals surface area contributed by atoms with Gasteiger partial charge in [0.25, 0.3) is 5.91 Å².